The van der Waals surface area contributed by atoms with Crippen LogP contribution in [0.1, 0.15) is 32.4 Å². The molecule has 0 spiro atoms. The van der Waals surface area contributed by atoms with Crippen LogP contribution in [0, 0.1) is 17.0 Å². The first-order valence-corrected chi connectivity index (χ1v) is 8.05. The Morgan fingerprint density at radius 1 is 1.18 bits per heavy atom. The molecule has 0 bridgehead atoms. The zero-order valence-corrected chi connectivity index (χ0v) is 12.0. The van der Waals surface area contributed by atoms with E-state index in [1.54, 1.807) is 6.07 Å². The van der Waals surface area contributed by atoms with Gasteiger partial charge in [-0.3, -0.25) is 0 Å². The standard InChI is InChI=1S/C13H19F2OSi/c1-13(2,3)12(16-17(4)5)9-7-6-8-10(14)11(9)15/h6-8,12H,1-5H3. The smallest absolute Gasteiger partial charge is 0.205 e. The van der Waals surface area contributed by atoms with E-state index in [0.717, 1.165) is 6.07 Å². The molecular formula is C13H19F2OSi. The molecule has 4 heteroatoms. The Morgan fingerprint density at radius 3 is 2.24 bits per heavy atom. The van der Waals surface area contributed by atoms with Crippen molar-refractivity contribution in [2.24, 2.45) is 5.41 Å². The minimum atomic E-state index is -0.981. The molecule has 17 heavy (non-hydrogen) atoms. The Morgan fingerprint density at radius 2 is 1.76 bits per heavy atom. The summed E-state index contributed by atoms with van der Waals surface area (Å²) in [5.74, 6) is -1.61. The number of hydrogen-bond acceptors (Lipinski definition) is 1. The van der Waals surface area contributed by atoms with Gasteiger partial charge in [0.15, 0.2) is 11.6 Å². The van der Waals surface area contributed by atoms with Crippen molar-refractivity contribution in [3.8, 4) is 0 Å². The van der Waals surface area contributed by atoms with Crippen molar-refractivity contribution in [2.75, 3.05) is 0 Å². The minimum Gasteiger partial charge on any atom is -0.410 e. The average molecular weight is 257 g/mol. The third-order valence-corrected chi connectivity index (χ3v) is 3.11. The van der Waals surface area contributed by atoms with Gasteiger partial charge in [-0.2, -0.15) is 0 Å². The Labute approximate surface area is 104 Å². The van der Waals surface area contributed by atoms with Crippen molar-refractivity contribution < 1.29 is 13.2 Å². The van der Waals surface area contributed by atoms with Crippen LogP contribution in [-0.4, -0.2) is 9.04 Å². The van der Waals surface area contributed by atoms with E-state index in [-0.39, 0.29) is 5.41 Å². The second-order valence-corrected chi connectivity index (χ2v) is 7.47. The summed E-state index contributed by atoms with van der Waals surface area (Å²) in [6.45, 7) is 9.87. The lowest BCUT2D eigenvalue weighted by molar-refractivity contribution is 0.0825. The molecule has 0 saturated heterocycles. The monoisotopic (exact) mass is 257 g/mol. The second-order valence-electron chi connectivity index (χ2n) is 5.42. The highest BCUT2D eigenvalue weighted by molar-refractivity contribution is 6.48. The molecule has 0 amide bonds. The molecule has 0 saturated carbocycles. The number of benzene rings is 1. The molecule has 1 nitrogen and oxygen atoms in total. The van der Waals surface area contributed by atoms with E-state index in [1.807, 2.05) is 33.9 Å². The van der Waals surface area contributed by atoms with Crippen molar-refractivity contribution in [1.29, 1.82) is 0 Å². The van der Waals surface area contributed by atoms with E-state index in [2.05, 4.69) is 0 Å². The highest BCUT2D eigenvalue weighted by Gasteiger charge is 2.31. The van der Waals surface area contributed by atoms with Gasteiger partial charge in [-0.25, -0.2) is 8.78 Å². The lowest BCUT2D eigenvalue weighted by atomic mass is 9.84. The first kappa shape index (κ1) is 14.3. The van der Waals surface area contributed by atoms with Crippen molar-refractivity contribution >= 4 is 9.04 Å². The lowest BCUT2D eigenvalue weighted by Crippen LogP contribution is -2.27. The van der Waals surface area contributed by atoms with Gasteiger partial charge in [-0.05, 0) is 24.6 Å². The predicted molar refractivity (Wildman–Crippen MR) is 67.1 cm³/mol. The van der Waals surface area contributed by atoms with E-state index in [9.17, 15) is 8.78 Å². The molecule has 1 radical (unpaired) electrons. The molecule has 0 N–H and O–H groups in total. The normalized spacial score (nSPS) is 14.1. The van der Waals surface area contributed by atoms with Gasteiger partial charge in [0.05, 0.1) is 6.10 Å². The number of halogens is 2. The summed E-state index contributed by atoms with van der Waals surface area (Å²) < 4.78 is 32.9. The molecule has 0 aliphatic carbocycles. The average Bonchev–Trinajstić information content (AvgIpc) is 2.17. The first-order valence-electron chi connectivity index (χ1n) is 5.64. The summed E-state index contributed by atoms with van der Waals surface area (Å²) in [6.07, 6.45) is -0.415. The molecule has 0 aromatic heterocycles. The van der Waals surface area contributed by atoms with Crippen molar-refractivity contribution in [3.05, 3.63) is 35.4 Å². The topological polar surface area (TPSA) is 9.23 Å². The summed E-state index contributed by atoms with van der Waals surface area (Å²) >= 11 is 0. The summed E-state index contributed by atoms with van der Waals surface area (Å²) in [5, 5.41) is 0. The molecule has 0 aliphatic rings. The number of rotatable bonds is 3. The highest BCUT2D eigenvalue weighted by atomic mass is 28.3. The maximum Gasteiger partial charge on any atom is 0.205 e. The van der Waals surface area contributed by atoms with Crippen LogP contribution in [0.15, 0.2) is 18.2 Å². The van der Waals surface area contributed by atoms with Gasteiger partial charge in [0.1, 0.15) is 0 Å². The first-order chi connectivity index (χ1) is 7.73. The van der Waals surface area contributed by atoms with Crippen LogP contribution in [0.3, 0.4) is 0 Å². The minimum absolute atomic E-state index is 0.267. The summed E-state index contributed by atoms with van der Waals surface area (Å²) in [6, 6.07) is 4.25. The van der Waals surface area contributed by atoms with Crippen molar-refractivity contribution in [2.45, 2.75) is 40.0 Å². The molecule has 95 valence electrons. The van der Waals surface area contributed by atoms with Gasteiger partial charge in [0.25, 0.3) is 0 Å². The van der Waals surface area contributed by atoms with Crippen LogP contribution < -0.4 is 0 Å². The predicted octanol–water partition coefficient (Wildman–Crippen LogP) is 4.32. The van der Waals surface area contributed by atoms with E-state index in [4.69, 9.17) is 4.43 Å². The zero-order valence-electron chi connectivity index (χ0n) is 11.0. The summed E-state index contributed by atoms with van der Waals surface area (Å²) in [4.78, 5) is 0. The van der Waals surface area contributed by atoms with Gasteiger partial charge in [0, 0.05) is 5.56 Å². The molecule has 1 aromatic carbocycles. The summed E-state index contributed by atoms with van der Waals surface area (Å²) in [7, 11) is -0.981. The lowest BCUT2D eigenvalue weighted by Gasteiger charge is -2.33. The largest absolute Gasteiger partial charge is 0.410 e. The maximum absolute atomic E-state index is 13.8. The summed E-state index contributed by atoms with van der Waals surface area (Å²) in [5.41, 5.74) is 0.0417. The van der Waals surface area contributed by atoms with Crippen LogP contribution in [0.5, 0.6) is 0 Å². The van der Waals surface area contributed by atoms with Gasteiger partial charge in [0.2, 0.25) is 9.04 Å². The van der Waals surface area contributed by atoms with Crippen LogP contribution in [-0.2, 0) is 4.43 Å². The van der Waals surface area contributed by atoms with Crippen LogP contribution >= 0.6 is 0 Å². The van der Waals surface area contributed by atoms with Crippen LogP contribution in [0.4, 0.5) is 8.78 Å². The van der Waals surface area contributed by atoms with E-state index in [1.165, 1.54) is 6.07 Å². The van der Waals surface area contributed by atoms with Gasteiger partial charge < -0.3 is 4.43 Å². The van der Waals surface area contributed by atoms with E-state index in [0.29, 0.717) is 5.56 Å². The molecule has 1 atom stereocenters. The Bertz CT molecular complexity index is 385. The highest BCUT2D eigenvalue weighted by Crippen LogP contribution is 2.38. The second kappa shape index (κ2) is 5.27. The van der Waals surface area contributed by atoms with Gasteiger partial charge >= 0.3 is 0 Å². The molecule has 1 rings (SSSR count). The molecule has 0 heterocycles. The Hall–Kier alpha value is -0.743. The number of hydrogen-bond donors (Lipinski definition) is 0. The molecule has 1 aromatic rings. The molecule has 0 aliphatic heterocycles. The molecular weight excluding hydrogens is 238 g/mol. The van der Waals surface area contributed by atoms with Crippen LogP contribution in [0.2, 0.25) is 13.1 Å². The maximum atomic E-state index is 13.8. The zero-order chi connectivity index (χ0) is 13.2. The molecule has 1 unspecified atom stereocenters. The van der Waals surface area contributed by atoms with E-state index >= 15 is 0 Å². The fourth-order valence-corrected chi connectivity index (χ4v) is 2.62. The van der Waals surface area contributed by atoms with E-state index < -0.39 is 26.8 Å². The molecule has 0 fully saturated rings. The Balaban J connectivity index is 3.18. The van der Waals surface area contributed by atoms with Gasteiger partial charge in [-0.15, -0.1) is 0 Å². The van der Waals surface area contributed by atoms with Crippen molar-refractivity contribution in [1.82, 2.24) is 0 Å². The fraction of sp³-hybridized carbons (Fsp3) is 0.538. The van der Waals surface area contributed by atoms with Gasteiger partial charge in [-0.1, -0.05) is 32.9 Å². The Kier molecular flexibility index (Phi) is 4.44. The third kappa shape index (κ3) is 3.61. The third-order valence-electron chi connectivity index (χ3n) is 2.40. The quantitative estimate of drug-likeness (QED) is 0.733. The fourth-order valence-electron chi connectivity index (χ4n) is 1.67. The van der Waals surface area contributed by atoms with Crippen LogP contribution in [0.25, 0.3) is 0 Å². The van der Waals surface area contributed by atoms with Crippen molar-refractivity contribution in [3.63, 3.8) is 0 Å². The SMILES string of the molecule is C[Si](C)OC(c1cccc(F)c1F)C(C)(C)C.